The molecule has 0 aliphatic carbocycles. The molecule has 0 amide bonds. The fraction of sp³-hybridized carbons (Fsp3) is 0.250. The Kier molecular flexibility index (Phi) is 4.25. The highest BCUT2D eigenvalue weighted by molar-refractivity contribution is 7.12. The predicted molar refractivity (Wildman–Crippen MR) is 84.9 cm³/mol. The molecule has 0 radical (unpaired) electrons. The van der Waals surface area contributed by atoms with E-state index in [9.17, 15) is 19.4 Å². The number of hydrogen-bond acceptors (Lipinski definition) is 5. The molecule has 1 aromatic carbocycles. The van der Waals surface area contributed by atoms with Gasteiger partial charge >= 0.3 is 0 Å². The molecule has 0 unspecified atom stereocenters. The Hall–Kier alpha value is -2.09. The minimum Gasteiger partial charge on any atom is -0.387 e. The minimum absolute atomic E-state index is 0.258. The number of aliphatic hydroxyl groups excluding tert-OH is 2. The highest BCUT2D eigenvalue weighted by atomic mass is 32.1. The van der Waals surface area contributed by atoms with Crippen molar-refractivity contribution in [2.75, 3.05) is 0 Å². The average Bonchev–Trinajstić information content (AvgIpc) is 3.18. The summed E-state index contributed by atoms with van der Waals surface area (Å²) in [5, 5.41) is 21.6. The summed E-state index contributed by atoms with van der Waals surface area (Å²) in [5.74, 6) is -0.750. The summed E-state index contributed by atoms with van der Waals surface area (Å²) in [6.45, 7) is 1.47. The number of hydrogen-bond donors (Lipinski definition) is 2. The van der Waals surface area contributed by atoms with E-state index in [2.05, 4.69) is 4.98 Å². The van der Waals surface area contributed by atoms with Crippen molar-refractivity contribution in [2.24, 2.45) is 0 Å². The Labute approximate surface area is 135 Å². The van der Waals surface area contributed by atoms with Crippen LogP contribution in [0.3, 0.4) is 0 Å². The van der Waals surface area contributed by atoms with Crippen molar-refractivity contribution in [2.45, 2.75) is 26.2 Å². The van der Waals surface area contributed by atoms with Crippen LogP contribution in [0.25, 0.3) is 10.9 Å². The molecule has 2 N–H and O–H groups in total. The summed E-state index contributed by atoms with van der Waals surface area (Å²) in [5.41, 5.74) is 1.26. The molecule has 1 atom stereocenters. The van der Waals surface area contributed by atoms with Crippen LogP contribution in [0, 0.1) is 5.82 Å². The Morgan fingerprint density at radius 2 is 2.26 bits per heavy atom. The van der Waals surface area contributed by atoms with Crippen LogP contribution in [0.1, 0.15) is 40.5 Å². The van der Waals surface area contributed by atoms with Gasteiger partial charge in [-0.15, -0.1) is 11.3 Å². The Balaban J connectivity index is 2.06. The van der Waals surface area contributed by atoms with E-state index in [-0.39, 0.29) is 17.5 Å². The largest absolute Gasteiger partial charge is 0.387 e. The standard InChI is InChI=1S/C16H15FN2O3S/c1-2-14(21)12-7-23-16(18-12)15(22)11-6-19(8-20)13-5-9(17)3-4-10(11)13/h3-7,14,20-21H,2,8H2,1H3/t14-/m0/s1. The lowest BCUT2D eigenvalue weighted by Crippen LogP contribution is -2.02. The SMILES string of the molecule is CC[C@H](O)c1csc(C(=O)c2cn(CO)c3cc(F)ccc23)n1. The van der Waals surface area contributed by atoms with Crippen LogP contribution in [0.5, 0.6) is 0 Å². The van der Waals surface area contributed by atoms with E-state index < -0.39 is 11.9 Å². The number of ketones is 1. The first kappa shape index (κ1) is 15.8. The summed E-state index contributed by atoms with van der Waals surface area (Å²) in [7, 11) is 0. The first-order valence-electron chi connectivity index (χ1n) is 7.12. The summed E-state index contributed by atoms with van der Waals surface area (Å²) in [6.07, 6.45) is 1.31. The van der Waals surface area contributed by atoms with Crippen LogP contribution >= 0.6 is 11.3 Å². The zero-order chi connectivity index (χ0) is 16.6. The quantitative estimate of drug-likeness (QED) is 0.704. The molecule has 2 aromatic heterocycles. The van der Waals surface area contributed by atoms with Gasteiger partial charge in [0.05, 0.1) is 22.9 Å². The summed E-state index contributed by atoms with van der Waals surface area (Å²) in [4.78, 5) is 16.9. The third kappa shape index (κ3) is 2.78. The Morgan fingerprint density at radius 1 is 1.48 bits per heavy atom. The number of aliphatic hydroxyl groups is 2. The zero-order valence-electron chi connectivity index (χ0n) is 12.4. The normalized spacial score (nSPS) is 12.7. The van der Waals surface area contributed by atoms with Gasteiger partial charge in [-0.2, -0.15) is 0 Å². The van der Waals surface area contributed by atoms with E-state index in [0.29, 0.717) is 28.6 Å². The summed E-state index contributed by atoms with van der Waals surface area (Å²) < 4.78 is 14.8. The molecular weight excluding hydrogens is 319 g/mol. The van der Waals surface area contributed by atoms with Gasteiger partial charge in [0.25, 0.3) is 0 Å². The monoisotopic (exact) mass is 334 g/mol. The number of benzene rings is 1. The number of nitrogens with zero attached hydrogens (tertiary/aromatic N) is 2. The number of halogens is 1. The van der Waals surface area contributed by atoms with Crippen molar-refractivity contribution >= 4 is 28.0 Å². The lowest BCUT2D eigenvalue weighted by molar-refractivity contribution is 0.103. The molecule has 23 heavy (non-hydrogen) atoms. The van der Waals surface area contributed by atoms with Crippen LogP contribution in [-0.2, 0) is 6.73 Å². The smallest absolute Gasteiger partial charge is 0.223 e. The van der Waals surface area contributed by atoms with Gasteiger partial charge in [0.1, 0.15) is 12.5 Å². The van der Waals surface area contributed by atoms with Crippen LogP contribution < -0.4 is 0 Å². The predicted octanol–water partition coefficient (Wildman–Crippen LogP) is 2.86. The molecule has 120 valence electrons. The second-order valence-corrected chi connectivity index (χ2v) is 6.00. The molecule has 5 nitrogen and oxygen atoms in total. The number of carbonyl (C=O) groups is 1. The maximum Gasteiger partial charge on any atom is 0.223 e. The number of fused-ring (bicyclic) bond motifs is 1. The average molecular weight is 334 g/mol. The van der Waals surface area contributed by atoms with Crippen molar-refractivity contribution in [3.63, 3.8) is 0 Å². The van der Waals surface area contributed by atoms with Crippen molar-refractivity contribution < 1.29 is 19.4 Å². The zero-order valence-corrected chi connectivity index (χ0v) is 13.2. The maximum atomic E-state index is 13.4. The fourth-order valence-corrected chi connectivity index (χ4v) is 3.25. The third-order valence-electron chi connectivity index (χ3n) is 3.69. The van der Waals surface area contributed by atoms with Crippen LogP contribution in [0.4, 0.5) is 4.39 Å². The molecular formula is C16H15FN2O3S. The topological polar surface area (TPSA) is 75.3 Å². The van der Waals surface area contributed by atoms with E-state index in [1.807, 2.05) is 6.92 Å². The van der Waals surface area contributed by atoms with Crippen LogP contribution in [0.15, 0.2) is 29.8 Å². The van der Waals surface area contributed by atoms with Crippen molar-refractivity contribution in [3.05, 3.63) is 51.9 Å². The Bertz CT molecular complexity index is 871. The van der Waals surface area contributed by atoms with E-state index in [4.69, 9.17) is 0 Å². The first-order chi connectivity index (χ1) is 11.0. The van der Waals surface area contributed by atoms with E-state index in [1.165, 1.54) is 29.0 Å². The fourth-order valence-electron chi connectivity index (χ4n) is 2.43. The van der Waals surface area contributed by atoms with E-state index >= 15 is 0 Å². The molecule has 7 heteroatoms. The lowest BCUT2D eigenvalue weighted by Gasteiger charge is -2.01. The molecule has 0 aliphatic heterocycles. The molecule has 0 spiro atoms. The van der Waals surface area contributed by atoms with Crippen molar-refractivity contribution in [3.8, 4) is 0 Å². The van der Waals surface area contributed by atoms with Gasteiger partial charge in [-0.1, -0.05) is 6.92 Å². The lowest BCUT2D eigenvalue weighted by atomic mass is 10.1. The van der Waals surface area contributed by atoms with Crippen LogP contribution in [0.2, 0.25) is 0 Å². The molecule has 0 aliphatic rings. The molecule has 3 rings (SSSR count). The van der Waals surface area contributed by atoms with E-state index in [1.54, 1.807) is 5.38 Å². The molecule has 0 saturated heterocycles. The Morgan fingerprint density at radius 3 is 2.96 bits per heavy atom. The van der Waals surface area contributed by atoms with Gasteiger partial charge in [0, 0.05) is 17.0 Å². The summed E-state index contributed by atoms with van der Waals surface area (Å²) >= 11 is 1.16. The maximum absolute atomic E-state index is 13.4. The van der Waals surface area contributed by atoms with Gasteiger partial charge in [-0.25, -0.2) is 9.37 Å². The molecule has 0 saturated carbocycles. The first-order valence-corrected chi connectivity index (χ1v) is 8.00. The number of rotatable bonds is 5. The highest BCUT2D eigenvalue weighted by Gasteiger charge is 2.21. The van der Waals surface area contributed by atoms with Crippen LogP contribution in [-0.4, -0.2) is 25.5 Å². The van der Waals surface area contributed by atoms with Gasteiger partial charge in [0.15, 0.2) is 5.01 Å². The second-order valence-electron chi connectivity index (χ2n) is 5.15. The molecule has 2 heterocycles. The van der Waals surface area contributed by atoms with Gasteiger partial charge in [0.2, 0.25) is 5.78 Å². The minimum atomic E-state index is -0.694. The van der Waals surface area contributed by atoms with Crippen molar-refractivity contribution in [1.82, 2.24) is 9.55 Å². The van der Waals surface area contributed by atoms with Gasteiger partial charge in [-0.05, 0) is 24.6 Å². The van der Waals surface area contributed by atoms with Gasteiger partial charge < -0.3 is 14.8 Å². The molecule has 0 fully saturated rings. The third-order valence-corrected chi connectivity index (χ3v) is 4.54. The molecule has 0 bridgehead atoms. The second kappa shape index (κ2) is 6.19. The van der Waals surface area contributed by atoms with Gasteiger partial charge in [-0.3, -0.25) is 4.79 Å². The number of carbonyl (C=O) groups excluding carboxylic acids is 1. The highest BCUT2D eigenvalue weighted by Crippen LogP contribution is 2.27. The van der Waals surface area contributed by atoms with Crippen molar-refractivity contribution in [1.29, 1.82) is 0 Å². The number of thiazole rings is 1. The van der Waals surface area contributed by atoms with E-state index in [0.717, 1.165) is 11.3 Å². The molecule has 3 aromatic rings. The summed E-state index contributed by atoms with van der Waals surface area (Å²) in [6, 6.07) is 4.06. The number of aromatic nitrogens is 2.